The van der Waals surface area contributed by atoms with Crippen LogP contribution in [0, 0.1) is 0 Å². The third-order valence-electron chi connectivity index (χ3n) is 4.46. The van der Waals surface area contributed by atoms with Gasteiger partial charge >= 0.3 is 6.03 Å². The summed E-state index contributed by atoms with van der Waals surface area (Å²) >= 11 is 0. The molecule has 0 bridgehead atoms. The van der Waals surface area contributed by atoms with Crippen molar-refractivity contribution in [1.29, 1.82) is 0 Å². The second kappa shape index (κ2) is 6.75. The Kier molecular flexibility index (Phi) is 4.27. The van der Waals surface area contributed by atoms with Crippen LogP contribution in [0.3, 0.4) is 0 Å². The summed E-state index contributed by atoms with van der Waals surface area (Å²) in [5.74, 6) is 0.536. The normalized spacial score (nSPS) is 13.1. The number of rotatable bonds is 3. The van der Waals surface area contributed by atoms with Gasteiger partial charge in [0.15, 0.2) is 0 Å². The van der Waals surface area contributed by atoms with Crippen LogP contribution in [0.1, 0.15) is 24.2 Å². The van der Waals surface area contributed by atoms with E-state index < -0.39 is 0 Å². The number of nitrogens with zero attached hydrogens (tertiary/aromatic N) is 3. The minimum Gasteiger partial charge on any atom is -0.336 e. The summed E-state index contributed by atoms with van der Waals surface area (Å²) in [6.45, 7) is 5.08. The van der Waals surface area contributed by atoms with E-state index in [1.807, 2.05) is 38.1 Å². The lowest BCUT2D eigenvalue weighted by molar-refractivity contribution is 0.0988. The van der Waals surface area contributed by atoms with Crippen LogP contribution < -0.4 is 15.5 Å². The third-order valence-corrected chi connectivity index (χ3v) is 4.46. The molecule has 7 heteroatoms. The predicted octanol–water partition coefficient (Wildman–Crippen LogP) is 3.23. The van der Waals surface area contributed by atoms with Crippen LogP contribution in [0.2, 0.25) is 0 Å². The first-order valence-corrected chi connectivity index (χ1v) is 8.97. The van der Waals surface area contributed by atoms with Gasteiger partial charge in [-0.3, -0.25) is 9.69 Å². The van der Waals surface area contributed by atoms with Gasteiger partial charge in [-0.2, -0.15) is 0 Å². The highest BCUT2D eigenvalue weighted by Gasteiger charge is 2.29. The number of anilines is 2. The van der Waals surface area contributed by atoms with Crippen molar-refractivity contribution >= 4 is 34.6 Å². The quantitative estimate of drug-likeness (QED) is 0.750. The van der Waals surface area contributed by atoms with Crippen molar-refractivity contribution in [2.24, 2.45) is 0 Å². The van der Waals surface area contributed by atoms with Crippen molar-refractivity contribution in [3.63, 3.8) is 0 Å². The van der Waals surface area contributed by atoms with Gasteiger partial charge in [0.2, 0.25) is 5.95 Å². The van der Waals surface area contributed by atoms with Gasteiger partial charge in [-0.1, -0.05) is 18.2 Å². The molecule has 3 aromatic rings. The number of imidazole rings is 1. The Hall–Kier alpha value is -3.35. The summed E-state index contributed by atoms with van der Waals surface area (Å²) in [5.41, 5.74) is 3.00. The van der Waals surface area contributed by atoms with Crippen molar-refractivity contribution in [1.82, 2.24) is 14.9 Å². The molecule has 1 aliphatic rings. The first kappa shape index (κ1) is 17.1. The number of amides is 3. The zero-order chi connectivity index (χ0) is 19.0. The second-order valence-corrected chi connectivity index (χ2v) is 6.84. The molecule has 27 heavy (non-hydrogen) atoms. The predicted molar refractivity (Wildman–Crippen MR) is 105 cm³/mol. The van der Waals surface area contributed by atoms with E-state index in [1.54, 1.807) is 29.2 Å². The Labute approximate surface area is 157 Å². The fourth-order valence-electron chi connectivity index (χ4n) is 3.30. The van der Waals surface area contributed by atoms with E-state index in [0.29, 0.717) is 23.7 Å². The van der Waals surface area contributed by atoms with Crippen LogP contribution in [-0.4, -0.2) is 34.1 Å². The van der Waals surface area contributed by atoms with E-state index in [0.717, 1.165) is 17.6 Å². The molecular weight excluding hydrogens is 342 g/mol. The smallest absolute Gasteiger partial charge is 0.319 e. The summed E-state index contributed by atoms with van der Waals surface area (Å²) in [5, 5.41) is 5.52. The van der Waals surface area contributed by atoms with Gasteiger partial charge in [0.1, 0.15) is 0 Å². The van der Waals surface area contributed by atoms with Gasteiger partial charge in [0, 0.05) is 30.4 Å². The van der Waals surface area contributed by atoms with Crippen molar-refractivity contribution in [3.8, 4) is 0 Å². The second-order valence-electron chi connectivity index (χ2n) is 6.84. The number of hydrogen-bond acceptors (Lipinski definition) is 3. The van der Waals surface area contributed by atoms with Crippen LogP contribution in [0.25, 0.3) is 11.0 Å². The Bertz CT molecular complexity index is 1020. The molecule has 1 aromatic heterocycles. The molecule has 2 aromatic carbocycles. The molecule has 0 radical (unpaired) electrons. The van der Waals surface area contributed by atoms with Crippen molar-refractivity contribution in [3.05, 3.63) is 54.1 Å². The molecule has 7 nitrogen and oxygen atoms in total. The van der Waals surface area contributed by atoms with Gasteiger partial charge in [0.25, 0.3) is 5.91 Å². The summed E-state index contributed by atoms with van der Waals surface area (Å²) in [6.07, 6.45) is 0. The van der Waals surface area contributed by atoms with Crippen molar-refractivity contribution in [2.45, 2.75) is 26.4 Å². The van der Waals surface area contributed by atoms with Gasteiger partial charge < -0.3 is 15.2 Å². The molecule has 2 N–H and O–H groups in total. The van der Waals surface area contributed by atoms with Crippen molar-refractivity contribution < 1.29 is 9.59 Å². The van der Waals surface area contributed by atoms with E-state index in [9.17, 15) is 9.59 Å². The topological polar surface area (TPSA) is 79.3 Å². The highest BCUT2D eigenvalue weighted by Crippen LogP contribution is 2.28. The molecule has 0 spiro atoms. The maximum absolute atomic E-state index is 13.0. The monoisotopic (exact) mass is 363 g/mol. The first-order valence-electron chi connectivity index (χ1n) is 8.97. The van der Waals surface area contributed by atoms with Crippen LogP contribution in [0.15, 0.2) is 48.5 Å². The van der Waals surface area contributed by atoms with Gasteiger partial charge in [0.05, 0.1) is 11.0 Å². The molecule has 0 saturated carbocycles. The molecular formula is C20H21N5O2. The zero-order valence-electron chi connectivity index (χ0n) is 15.3. The lowest BCUT2D eigenvalue weighted by atomic mass is 10.1. The summed E-state index contributed by atoms with van der Waals surface area (Å²) in [7, 11) is 0. The Morgan fingerprint density at radius 2 is 1.89 bits per heavy atom. The molecule has 4 rings (SSSR count). The molecule has 1 aliphatic heterocycles. The highest BCUT2D eigenvalue weighted by atomic mass is 16.2. The third kappa shape index (κ3) is 3.23. The Morgan fingerprint density at radius 3 is 2.70 bits per heavy atom. The van der Waals surface area contributed by atoms with Gasteiger partial charge in [-0.15, -0.1) is 0 Å². The van der Waals surface area contributed by atoms with E-state index in [4.69, 9.17) is 0 Å². The van der Waals surface area contributed by atoms with Gasteiger partial charge in [-0.05, 0) is 44.2 Å². The number of benzene rings is 2. The standard InChI is InChI=1S/C20H21N5O2/c1-13(2)21-19(27)22-15-7-5-6-14(12-15)18(26)25-11-10-24-17-9-4-3-8-16(17)23-20(24)25/h3-9,12-13H,10-11H2,1-2H3,(H2,21,22,27). The van der Waals surface area contributed by atoms with E-state index >= 15 is 0 Å². The number of carbonyl (C=O) groups excluding carboxylic acids is 2. The molecule has 0 aliphatic carbocycles. The number of fused-ring (bicyclic) bond motifs is 3. The molecule has 3 amide bonds. The largest absolute Gasteiger partial charge is 0.336 e. The molecule has 0 atom stereocenters. The number of carbonyl (C=O) groups is 2. The lowest BCUT2D eigenvalue weighted by Crippen LogP contribution is -2.34. The number of aromatic nitrogens is 2. The van der Waals surface area contributed by atoms with Crippen LogP contribution in [0.5, 0.6) is 0 Å². The van der Waals surface area contributed by atoms with Crippen LogP contribution in [0.4, 0.5) is 16.4 Å². The molecule has 138 valence electrons. The lowest BCUT2D eigenvalue weighted by Gasteiger charge is -2.15. The Morgan fingerprint density at radius 1 is 1.07 bits per heavy atom. The summed E-state index contributed by atoms with van der Waals surface area (Å²) in [4.78, 5) is 31.2. The van der Waals surface area contributed by atoms with Crippen LogP contribution >= 0.6 is 0 Å². The summed E-state index contributed by atoms with van der Waals surface area (Å²) < 4.78 is 2.06. The van der Waals surface area contributed by atoms with E-state index in [2.05, 4.69) is 20.2 Å². The fourth-order valence-corrected chi connectivity index (χ4v) is 3.30. The number of nitrogens with one attached hydrogen (secondary N) is 2. The number of hydrogen-bond donors (Lipinski definition) is 2. The van der Waals surface area contributed by atoms with Gasteiger partial charge in [-0.25, -0.2) is 9.78 Å². The molecule has 0 saturated heterocycles. The van der Waals surface area contributed by atoms with E-state index in [-0.39, 0.29) is 18.0 Å². The summed E-state index contributed by atoms with van der Waals surface area (Å²) in [6, 6.07) is 14.6. The number of urea groups is 1. The average molecular weight is 363 g/mol. The molecule has 2 heterocycles. The Balaban J connectivity index is 1.58. The maximum Gasteiger partial charge on any atom is 0.319 e. The molecule has 0 fully saturated rings. The SMILES string of the molecule is CC(C)NC(=O)Nc1cccc(C(=O)N2CCn3c2nc2ccccc23)c1. The maximum atomic E-state index is 13.0. The van der Waals surface area contributed by atoms with Crippen LogP contribution in [-0.2, 0) is 6.54 Å². The fraction of sp³-hybridized carbons (Fsp3) is 0.250. The highest BCUT2D eigenvalue weighted by molar-refractivity contribution is 6.07. The van der Waals surface area contributed by atoms with Crippen molar-refractivity contribution in [2.75, 3.05) is 16.8 Å². The average Bonchev–Trinajstić information content (AvgIpc) is 3.19. The molecule has 0 unspecified atom stereocenters. The van der Waals surface area contributed by atoms with E-state index in [1.165, 1.54) is 0 Å². The minimum atomic E-state index is -0.294. The minimum absolute atomic E-state index is 0.0346. The zero-order valence-corrected chi connectivity index (χ0v) is 15.3. The first-order chi connectivity index (χ1) is 13.0. The number of para-hydroxylation sites is 2.